The van der Waals surface area contributed by atoms with Crippen molar-refractivity contribution in [1.82, 2.24) is 0 Å². The molecule has 0 bridgehead atoms. The first kappa shape index (κ1) is 22.9. The fraction of sp³-hybridized carbons (Fsp3) is 0.552. The fourth-order valence-corrected chi connectivity index (χ4v) is 5.87. The van der Waals surface area contributed by atoms with Gasteiger partial charge in [0.1, 0.15) is 0 Å². The fourth-order valence-electron chi connectivity index (χ4n) is 5.87. The highest BCUT2D eigenvalue weighted by molar-refractivity contribution is 6.06. The standard InChI is InChI=1S/C29H40N2O/c1-26(2)13-15-28(5,6)22-20(26)17-21-23(29(7,8)16-14-27(21,3)4)24(22)31-25(32)18-9-11-19(30)12-10-18/h9-12,17H,13-16,30H2,1-8H3,(H,31,32). The molecule has 0 aliphatic heterocycles. The van der Waals surface area contributed by atoms with Gasteiger partial charge in [0.05, 0.1) is 0 Å². The molecule has 3 N–H and O–H groups in total. The van der Waals surface area contributed by atoms with E-state index in [4.69, 9.17) is 5.73 Å². The summed E-state index contributed by atoms with van der Waals surface area (Å²) in [6.45, 7) is 18.8. The van der Waals surface area contributed by atoms with Gasteiger partial charge in [0, 0.05) is 16.9 Å². The third kappa shape index (κ3) is 3.64. The molecule has 172 valence electrons. The van der Waals surface area contributed by atoms with Gasteiger partial charge in [-0.25, -0.2) is 0 Å². The third-order valence-corrected chi connectivity index (χ3v) is 8.30. The van der Waals surface area contributed by atoms with Crippen LogP contribution in [0.4, 0.5) is 11.4 Å². The van der Waals surface area contributed by atoms with Crippen LogP contribution in [0, 0.1) is 0 Å². The lowest BCUT2D eigenvalue weighted by molar-refractivity contribution is 0.102. The van der Waals surface area contributed by atoms with Gasteiger partial charge < -0.3 is 11.1 Å². The summed E-state index contributed by atoms with van der Waals surface area (Å²) in [7, 11) is 0. The molecule has 0 radical (unpaired) electrons. The molecule has 1 amide bonds. The van der Waals surface area contributed by atoms with Gasteiger partial charge in [-0.2, -0.15) is 0 Å². The van der Waals surface area contributed by atoms with Crippen LogP contribution in [-0.2, 0) is 21.7 Å². The number of carbonyl (C=O) groups is 1. The summed E-state index contributed by atoms with van der Waals surface area (Å²) in [5.74, 6) is -0.0565. The highest BCUT2D eigenvalue weighted by atomic mass is 16.1. The molecular formula is C29H40N2O. The molecular weight excluding hydrogens is 392 g/mol. The number of anilines is 2. The summed E-state index contributed by atoms with van der Waals surface area (Å²) in [6.07, 6.45) is 4.53. The van der Waals surface area contributed by atoms with Gasteiger partial charge in [0.25, 0.3) is 5.91 Å². The minimum Gasteiger partial charge on any atom is -0.399 e. The van der Waals surface area contributed by atoms with E-state index in [1.54, 1.807) is 12.1 Å². The molecule has 0 unspecified atom stereocenters. The largest absolute Gasteiger partial charge is 0.399 e. The van der Waals surface area contributed by atoms with E-state index in [-0.39, 0.29) is 27.6 Å². The second-order valence-electron chi connectivity index (χ2n) is 12.7. The molecule has 3 heteroatoms. The molecule has 32 heavy (non-hydrogen) atoms. The molecule has 2 aromatic rings. The van der Waals surface area contributed by atoms with Crippen molar-refractivity contribution >= 4 is 17.3 Å². The SMILES string of the molecule is CC1(C)CCC(C)(C)c2c1cc1c(c2NC(=O)c2ccc(N)cc2)C(C)(C)CCC1(C)C. The summed E-state index contributed by atoms with van der Waals surface area (Å²) in [6, 6.07) is 9.73. The molecule has 0 saturated heterocycles. The van der Waals surface area contributed by atoms with E-state index in [2.05, 4.69) is 66.8 Å². The summed E-state index contributed by atoms with van der Waals surface area (Å²) >= 11 is 0. The van der Waals surface area contributed by atoms with Crippen LogP contribution < -0.4 is 11.1 Å². The van der Waals surface area contributed by atoms with Gasteiger partial charge in [-0.3, -0.25) is 4.79 Å². The Bertz CT molecular complexity index is 1020. The zero-order chi connectivity index (χ0) is 23.7. The maximum absolute atomic E-state index is 13.5. The van der Waals surface area contributed by atoms with Crippen LogP contribution in [0.3, 0.4) is 0 Å². The van der Waals surface area contributed by atoms with Crippen LogP contribution in [0.1, 0.15) is 114 Å². The summed E-state index contributed by atoms with van der Waals surface area (Å²) in [5.41, 5.74) is 13.9. The average molecular weight is 433 g/mol. The second-order valence-corrected chi connectivity index (χ2v) is 12.7. The van der Waals surface area contributed by atoms with Crippen molar-refractivity contribution in [1.29, 1.82) is 0 Å². The van der Waals surface area contributed by atoms with E-state index < -0.39 is 0 Å². The van der Waals surface area contributed by atoms with Gasteiger partial charge in [0.2, 0.25) is 0 Å². The van der Waals surface area contributed by atoms with E-state index in [1.165, 1.54) is 22.3 Å². The highest BCUT2D eigenvalue weighted by Crippen LogP contribution is 2.56. The monoisotopic (exact) mass is 432 g/mol. The number of fused-ring (bicyclic) bond motifs is 2. The van der Waals surface area contributed by atoms with Crippen LogP contribution in [0.5, 0.6) is 0 Å². The van der Waals surface area contributed by atoms with Gasteiger partial charge in [-0.15, -0.1) is 0 Å². The van der Waals surface area contributed by atoms with Crippen molar-refractivity contribution in [3.05, 3.63) is 58.1 Å². The third-order valence-electron chi connectivity index (χ3n) is 8.30. The lowest BCUT2D eigenvalue weighted by Gasteiger charge is -2.49. The first-order chi connectivity index (χ1) is 14.7. The van der Waals surface area contributed by atoms with Crippen LogP contribution in [0.15, 0.2) is 30.3 Å². The molecule has 4 rings (SSSR count). The van der Waals surface area contributed by atoms with Gasteiger partial charge in [-0.1, -0.05) is 61.5 Å². The Balaban J connectivity index is 2.02. The lowest BCUT2D eigenvalue weighted by Crippen LogP contribution is -2.41. The zero-order valence-corrected chi connectivity index (χ0v) is 21.2. The number of nitrogen functional groups attached to an aromatic ring is 1. The van der Waals surface area contributed by atoms with E-state index in [1.807, 2.05) is 12.1 Å². The van der Waals surface area contributed by atoms with Crippen LogP contribution in [0.25, 0.3) is 0 Å². The molecule has 2 aromatic carbocycles. The smallest absolute Gasteiger partial charge is 0.255 e. The summed E-state index contributed by atoms with van der Waals surface area (Å²) < 4.78 is 0. The van der Waals surface area contributed by atoms with Crippen LogP contribution >= 0.6 is 0 Å². The number of hydrogen-bond acceptors (Lipinski definition) is 2. The quantitative estimate of drug-likeness (QED) is 0.492. The number of carbonyl (C=O) groups excluding carboxylic acids is 1. The lowest BCUT2D eigenvalue weighted by atomic mass is 9.56. The first-order valence-corrected chi connectivity index (χ1v) is 12.1. The van der Waals surface area contributed by atoms with Crippen LogP contribution in [0.2, 0.25) is 0 Å². The first-order valence-electron chi connectivity index (χ1n) is 12.1. The topological polar surface area (TPSA) is 55.1 Å². The molecule has 0 heterocycles. The Morgan fingerprint density at radius 1 is 0.719 bits per heavy atom. The van der Waals surface area contributed by atoms with Crippen molar-refractivity contribution in [2.24, 2.45) is 0 Å². The predicted octanol–water partition coefficient (Wildman–Crippen LogP) is 7.22. The molecule has 0 fully saturated rings. The molecule has 2 aliphatic carbocycles. The van der Waals surface area contributed by atoms with Gasteiger partial charge in [-0.05, 0) is 93.9 Å². The Morgan fingerprint density at radius 3 is 1.56 bits per heavy atom. The van der Waals surface area contributed by atoms with E-state index >= 15 is 0 Å². The summed E-state index contributed by atoms with van der Waals surface area (Å²) in [4.78, 5) is 13.5. The number of hydrogen-bond donors (Lipinski definition) is 2. The van der Waals surface area contributed by atoms with Gasteiger partial charge >= 0.3 is 0 Å². The Hall–Kier alpha value is -2.29. The number of benzene rings is 2. The van der Waals surface area contributed by atoms with Crippen LogP contribution in [-0.4, -0.2) is 5.91 Å². The molecule has 2 aliphatic rings. The predicted molar refractivity (Wildman–Crippen MR) is 136 cm³/mol. The normalized spacial score (nSPS) is 21.9. The van der Waals surface area contributed by atoms with Gasteiger partial charge in [0.15, 0.2) is 0 Å². The number of rotatable bonds is 2. The minimum absolute atomic E-state index is 0.00127. The van der Waals surface area contributed by atoms with Crippen molar-refractivity contribution in [3.63, 3.8) is 0 Å². The van der Waals surface area contributed by atoms with Crippen molar-refractivity contribution in [2.75, 3.05) is 11.1 Å². The Labute approximate surface area is 194 Å². The number of amides is 1. The van der Waals surface area contributed by atoms with E-state index in [9.17, 15) is 4.79 Å². The van der Waals surface area contributed by atoms with E-state index in [0.717, 1.165) is 31.4 Å². The maximum Gasteiger partial charge on any atom is 0.255 e. The maximum atomic E-state index is 13.5. The van der Waals surface area contributed by atoms with E-state index in [0.29, 0.717) is 11.3 Å². The second kappa shape index (κ2) is 7.10. The number of nitrogens with two attached hydrogens (primary N) is 1. The Morgan fingerprint density at radius 2 is 1.12 bits per heavy atom. The van der Waals surface area contributed by atoms with Crippen molar-refractivity contribution in [2.45, 2.75) is 103 Å². The summed E-state index contributed by atoms with van der Waals surface area (Å²) in [5, 5.41) is 3.44. The van der Waals surface area contributed by atoms with Crippen molar-refractivity contribution in [3.8, 4) is 0 Å². The average Bonchev–Trinajstić information content (AvgIpc) is 2.69. The molecule has 0 aromatic heterocycles. The van der Waals surface area contributed by atoms with Crippen molar-refractivity contribution < 1.29 is 4.79 Å². The molecule has 3 nitrogen and oxygen atoms in total. The minimum atomic E-state index is -0.0565. The number of nitrogens with one attached hydrogen (secondary N) is 1. The molecule has 0 spiro atoms. The Kier molecular flexibility index (Phi) is 5.08. The molecule has 0 atom stereocenters. The molecule has 0 saturated carbocycles. The zero-order valence-electron chi connectivity index (χ0n) is 21.2. The highest BCUT2D eigenvalue weighted by Gasteiger charge is 2.46.